The molecule has 0 heterocycles. The molecule has 3 N–H and O–H groups in total. The first kappa shape index (κ1) is 18.9. The van der Waals surface area contributed by atoms with Gasteiger partial charge in [-0.05, 0) is 12.8 Å². The van der Waals surface area contributed by atoms with Crippen LogP contribution >= 0.6 is 0 Å². The van der Waals surface area contributed by atoms with Gasteiger partial charge in [0.05, 0.1) is 12.2 Å². The first-order valence-electron chi connectivity index (χ1n) is 8.27. The van der Waals surface area contributed by atoms with Crippen LogP contribution in [0.5, 0.6) is 0 Å². The van der Waals surface area contributed by atoms with Crippen LogP contribution in [0.4, 0.5) is 0 Å². The van der Waals surface area contributed by atoms with Crippen LogP contribution < -0.4 is 5.32 Å². The molecule has 0 rings (SSSR count). The van der Waals surface area contributed by atoms with Crippen molar-refractivity contribution in [1.82, 2.24) is 5.32 Å². The van der Waals surface area contributed by atoms with Gasteiger partial charge in [0.2, 0.25) is 0 Å². The van der Waals surface area contributed by atoms with E-state index in [1.54, 1.807) is 0 Å². The average molecular weight is 273 g/mol. The van der Waals surface area contributed by atoms with Crippen molar-refractivity contribution in [2.75, 3.05) is 13.1 Å². The van der Waals surface area contributed by atoms with E-state index in [1.165, 1.54) is 38.5 Å². The molecule has 0 aromatic rings. The number of aliphatic hydroxyl groups excluding tert-OH is 2. The van der Waals surface area contributed by atoms with E-state index in [-0.39, 0.29) is 12.2 Å². The number of nitrogens with one attached hydrogen (secondary N) is 1. The maximum absolute atomic E-state index is 9.76. The Morgan fingerprint density at radius 1 is 0.684 bits per heavy atom. The van der Waals surface area contributed by atoms with Crippen molar-refractivity contribution in [2.45, 2.75) is 90.3 Å². The van der Waals surface area contributed by atoms with E-state index in [9.17, 15) is 10.2 Å². The lowest BCUT2D eigenvalue weighted by Gasteiger charge is -2.15. The molecule has 3 heteroatoms. The van der Waals surface area contributed by atoms with Crippen LogP contribution in [0.25, 0.3) is 0 Å². The second-order valence-electron chi connectivity index (χ2n) is 5.66. The molecule has 0 aliphatic heterocycles. The lowest BCUT2D eigenvalue weighted by Crippen LogP contribution is -2.33. The Bertz CT molecular complexity index is 158. The predicted molar refractivity (Wildman–Crippen MR) is 82.4 cm³/mol. The number of hydrogen-bond acceptors (Lipinski definition) is 3. The lowest BCUT2D eigenvalue weighted by atomic mass is 10.1. The summed E-state index contributed by atoms with van der Waals surface area (Å²) in [6.07, 6.45) is 10.9. The fourth-order valence-electron chi connectivity index (χ4n) is 2.23. The third kappa shape index (κ3) is 14.1. The van der Waals surface area contributed by atoms with Crippen molar-refractivity contribution in [3.63, 3.8) is 0 Å². The highest BCUT2D eigenvalue weighted by Crippen LogP contribution is 2.06. The van der Waals surface area contributed by atoms with Crippen LogP contribution in [-0.4, -0.2) is 35.5 Å². The van der Waals surface area contributed by atoms with Gasteiger partial charge in [0.15, 0.2) is 0 Å². The van der Waals surface area contributed by atoms with Gasteiger partial charge in [0.1, 0.15) is 0 Å². The number of aliphatic hydroxyl groups is 2. The highest BCUT2D eigenvalue weighted by Gasteiger charge is 2.06. The molecule has 3 nitrogen and oxygen atoms in total. The van der Waals surface area contributed by atoms with Gasteiger partial charge in [-0.1, -0.05) is 65.2 Å². The van der Waals surface area contributed by atoms with Gasteiger partial charge in [-0.15, -0.1) is 0 Å². The quantitative estimate of drug-likeness (QED) is 0.426. The van der Waals surface area contributed by atoms with E-state index >= 15 is 0 Å². The van der Waals surface area contributed by atoms with Gasteiger partial charge >= 0.3 is 0 Å². The topological polar surface area (TPSA) is 52.5 Å². The van der Waals surface area contributed by atoms with Gasteiger partial charge in [-0.2, -0.15) is 0 Å². The van der Waals surface area contributed by atoms with E-state index in [0.29, 0.717) is 13.1 Å². The molecule has 19 heavy (non-hydrogen) atoms. The third-order valence-electron chi connectivity index (χ3n) is 3.54. The molecular weight excluding hydrogens is 238 g/mol. The fraction of sp³-hybridized carbons (Fsp3) is 1.00. The van der Waals surface area contributed by atoms with E-state index in [4.69, 9.17) is 0 Å². The first-order valence-corrected chi connectivity index (χ1v) is 8.27. The minimum Gasteiger partial charge on any atom is -0.392 e. The van der Waals surface area contributed by atoms with Crippen LogP contribution in [-0.2, 0) is 0 Å². The summed E-state index contributed by atoms with van der Waals surface area (Å²) in [5.41, 5.74) is 0. The van der Waals surface area contributed by atoms with Crippen molar-refractivity contribution < 1.29 is 10.2 Å². The molecule has 0 aliphatic rings. The van der Waals surface area contributed by atoms with E-state index in [1.807, 2.05) is 0 Å². The molecule has 0 aromatic carbocycles. The second kappa shape index (κ2) is 14.3. The SMILES string of the molecule is CCCCCCC(O)CNCC(O)CCCCCC. The average Bonchev–Trinajstić information content (AvgIpc) is 2.40. The summed E-state index contributed by atoms with van der Waals surface area (Å²) in [6, 6.07) is 0. The highest BCUT2D eigenvalue weighted by molar-refractivity contribution is 4.64. The Balaban J connectivity index is 3.30. The molecule has 0 amide bonds. The largest absolute Gasteiger partial charge is 0.392 e. The zero-order chi connectivity index (χ0) is 14.3. The summed E-state index contributed by atoms with van der Waals surface area (Å²) in [5, 5.41) is 22.7. The van der Waals surface area contributed by atoms with Crippen molar-refractivity contribution in [2.24, 2.45) is 0 Å². The predicted octanol–water partition coefficient (Wildman–Crippen LogP) is 3.24. The smallest absolute Gasteiger partial charge is 0.0664 e. The van der Waals surface area contributed by atoms with Crippen LogP contribution in [0.3, 0.4) is 0 Å². The molecule has 0 bridgehead atoms. The molecule has 0 aliphatic carbocycles. The van der Waals surface area contributed by atoms with Gasteiger partial charge in [-0.3, -0.25) is 0 Å². The van der Waals surface area contributed by atoms with Crippen molar-refractivity contribution >= 4 is 0 Å². The van der Waals surface area contributed by atoms with Gasteiger partial charge in [-0.25, -0.2) is 0 Å². The summed E-state index contributed by atoms with van der Waals surface area (Å²) < 4.78 is 0. The summed E-state index contributed by atoms with van der Waals surface area (Å²) in [5.74, 6) is 0. The summed E-state index contributed by atoms with van der Waals surface area (Å²) >= 11 is 0. The molecule has 0 radical (unpaired) electrons. The molecule has 0 spiro atoms. The zero-order valence-corrected chi connectivity index (χ0v) is 13.0. The number of hydrogen-bond donors (Lipinski definition) is 3. The summed E-state index contributed by atoms with van der Waals surface area (Å²) in [7, 11) is 0. The minimum absolute atomic E-state index is 0.260. The van der Waals surface area contributed by atoms with E-state index < -0.39 is 0 Å². The van der Waals surface area contributed by atoms with Gasteiger partial charge < -0.3 is 15.5 Å². The van der Waals surface area contributed by atoms with Gasteiger partial charge in [0.25, 0.3) is 0 Å². The maximum Gasteiger partial charge on any atom is 0.0664 e. The number of unbranched alkanes of at least 4 members (excludes halogenated alkanes) is 6. The second-order valence-corrected chi connectivity index (χ2v) is 5.66. The van der Waals surface area contributed by atoms with Crippen molar-refractivity contribution in [1.29, 1.82) is 0 Å². The zero-order valence-electron chi connectivity index (χ0n) is 13.0. The Kier molecular flexibility index (Phi) is 14.2. The van der Waals surface area contributed by atoms with Crippen molar-refractivity contribution in [3.05, 3.63) is 0 Å². The van der Waals surface area contributed by atoms with Crippen LogP contribution in [0.2, 0.25) is 0 Å². The van der Waals surface area contributed by atoms with Crippen molar-refractivity contribution in [3.8, 4) is 0 Å². The first-order chi connectivity index (χ1) is 9.20. The maximum atomic E-state index is 9.76. The molecule has 0 fully saturated rings. The van der Waals surface area contributed by atoms with Crippen LogP contribution in [0.15, 0.2) is 0 Å². The Hall–Kier alpha value is -0.120. The highest BCUT2D eigenvalue weighted by atomic mass is 16.3. The minimum atomic E-state index is -0.260. The Morgan fingerprint density at radius 3 is 1.47 bits per heavy atom. The summed E-state index contributed by atoms with van der Waals surface area (Å²) in [4.78, 5) is 0. The lowest BCUT2D eigenvalue weighted by molar-refractivity contribution is 0.132. The Morgan fingerprint density at radius 2 is 1.11 bits per heavy atom. The monoisotopic (exact) mass is 273 g/mol. The van der Waals surface area contributed by atoms with Crippen LogP contribution in [0, 0.1) is 0 Å². The van der Waals surface area contributed by atoms with E-state index in [2.05, 4.69) is 19.2 Å². The van der Waals surface area contributed by atoms with E-state index in [0.717, 1.165) is 25.7 Å². The third-order valence-corrected chi connectivity index (χ3v) is 3.54. The molecule has 0 saturated carbocycles. The van der Waals surface area contributed by atoms with Crippen LogP contribution in [0.1, 0.15) is 78.1 Å². The van der Waals surface area contributed by atoms with Gasteiger partial charge in [0, 0.05) is 13.1 Å². The molecule has 0 saturated heterocycles. The summed E-state index contributed by atoms with van der Waals surface area (Å²) in [6.45, 7) is 5.61. The fourth-order valence-corrected chi connectivity index (χ4v) is 2.23. The standard InChI is InChI=1S/C16H35NO2/c1-3-5-7-9-11-15(18)13-17-14-16(19)12-10-8-6-4-2/h15-19H,3-14H2,1-2H3. The number of rotatable bonds is 14. The normalized spacial score (nSPS) is 14.5. The Labute approximate surface area is 119 Å². The molecule has 2 unspecified atom stereocenters. The molecule has 2 atom stereocenters. The molecule has 116 valence electrons. The molecular formula is C16H35NO2. The molecule has 0 aromatic heterocycles.